The molecule has 0 unspecified atom stereocenters. The summed E-state index contributed by atoms with van der Waals surface area (Å²) in [6, 6.07) is 3.76. The van der Waals surface area contributed by atoms with Crippen molar-refractivity contribution in [2.24, 2.45) is 0 Å². The van der Waals surface area contributed by atoms with E-state index in [4.69, 9.17) is 9.26 Å². The number of aromatic nitrogens is 3. The van der Waals surface area contributed by atoms with Crippen LogP contribution in [0.5, 0.6) is 5.88 Å². The lowest BCUT2D eigenvalue weighted by molar-refractivity contribution is 0.271. The predicted molar refractivity (Wildman–Crippen MR) is 66.3 cm³/mol. The van der Waals surface area contributed by atoms with E-state index < -0.39 is 0 Å². The first-order chi connectivity index (χ1) is 8.45. The molecule has 0 N–H and O–H groups in total. The average molecular weight is 247 g/mol. The predicted octanol–water partition coefficient (Wildman–Crippen LogP) is 2.65. The minimum atomic E-state index is -0.145. The van der Waals surface area contributed by atoms with E-state index >= 15 is 0 Å². The first-order valence-corrected chi connectivity index (χ1v) is 5.84. The molecule has 0 radical (unpaired) electrons. The molecule has 0 spiro atoms. The van der Waals surface area contributed by atoms with Crippen LogP contribution < -0.4 is 4.74 Å². The highest BCUT2D eigenvalue weighted by atomic mass is 16.5. The van der Waals surface area contributed by atoms with Crippen molar-refractivity contribution in [2.75, 3.05) is 0 Å². The van der Waals surface area contributed by atoms with Crippen molar-refractivity contribution in [3.05, 3.63) is 35.6 Å². The summed E-state index contributed by atoms with van der Waals surface area (Å²) in [5.41, 5.74) is 0.949. The number of aryl methyl sites for hydroxylation is 1. The number of pyridine rings is 1. The van der Waals surface area contributed by atoms with Gasteiger partial charge in [-0.2, -0.15) is 4.98 Å². The molecule has 96 valence electrons. The molecule has 0 bridgehead atoms. The molecule has 0 aromatic carbocycles. The smallest absolute Gasteiger partial charge is 0.232 e. The third-order valence-electron chi connectivity index (χ3n) is 2.34. The van der Waals surface area contributed by atoms with Gasteiger partial charge in [-0.25, -0.2) is 4.98 Å². The Morgan fingerprint density at radius 1 is 1.28 bits per heavy atom. The van der Waals surface area contributed by atoms with Crippen LogP contribution in [0.2, 0.25) is 0 Å². The van der Waals surface area contributed by atoms with Gasteiger partial charge >= 0.3 is 0 Å². The normalized spacial score (nSPS) is 11.6. The minimum Gasteiger partial charge on any atom is -0.469 e. The van der Waals surface area contributed by atoms with Crippen LogP contribution in [0.15, 0.2) is 22.9 Å². The monoisotopic (exact) mass is 247 g/mol. The largest absolute Gasteiger partial charge is 0.469 e. The number of nitrogens with zero attached hydrogens (tertiary/aromatic N) is 3. The minimum absolute atomic E-state index is 0.145. The number of rotatable bonds is 3. The molecule has 18 heavy (non-hydrogen) atoms. The van der Waals surface area contributed by atoms with E-state index in [2.05, 4.69) is 15.1 Å². The van der Waals surface area contributed by atoms with Crippen molar-refractivity contribution in [1.82, 2.24) is 15.1 Å². The second-order valence-corrected chi connectivity index (χ2v) is 5.23. The van der Waals surface area contributed by atoms with Crippen LogP contribution in [-0.4, -0.2) is 15.1 Å². The molecule has 0 aliphatic heterocycles. The Balaban J connectivity index is 1.98. The van der Waals surface area contributed by atoms with E-state index in [0.717, 1.165) is 5.56 Å². The summed E-state index contributed by atoms with van der Waals surface area (Å²) < 4.78 is 10.7. The lowest BCUT2D eigenvalue weighted by Crippen LogP contribution is -2.11. The molecule has 0 aliphatic carbocycles. The maximum atomic E-state index is 5.48. The van der Waals surface area contributed by atoms with Crippen LogP contribution in [0, 0.1) is 6.92 Å². The summed E-state index contributed by atoms with van der Waals surface area (Å²) in [6.07, 6.45) is 1.76. The molecule has 2 rings (SSSR count). The maximum Gasteiger partial charge on any atom is 0.232 e. The van der Waals surface area contributed by atoms with Gasteiger partial charge < -0.3 is 9.26 Å². The second-order valence-electron chi connectivity index (χ2n) is 5.23. The van der Waals surface area contributed by atoms with Crippen LogP contribution in [0.3, 0.4) is 0 Å². The molecule has 5 heteroatoms. The van der Waals surface area contributed by atoms with Crippen LogP contribution in [-0.2, 0) is 12.0 Å². The van der Waals surface area contributed by atoms with Crippen molar-refractivity contribution in [3.63, 3.8) is 0 Å². The van der Waals surface area contributed by atoms with Crippen LogP contribution in [0.4, 0.5) is 0 Å². The molecule has 2 heterocycles. The molecule has 2 aromatic rings. The zero-order valence-corrected chi connectivity index (χ0v) is 11.1. The molecule has 0 aliphatic rings. The van der Waals surface area contributed by atoms with Crippen LogP contribution >= 0.6 is 0 Å². The Morgan fingerprint density at radius 3 is 2.61 bits per heavy atom. The summed E-state index contributed by atoms with van der Waals surface area (Å²) in [6.45, 7) is 8.30. The first-order valence-electron chi connectivity index (χ1n) is 5.84. The molecule has 0 atom stereocenters. The van der Waals surface area contributed by atoms with E-state index in [9.17, 15) is 0 Å². The summed E-state index contributed by atoms with van der Waals surface area (Å²) in [4.78, 5) is 8.42. The lowest BCUT2D eigenvalue weighted by Gasteiger charge is -2.10. The van der Waals surface area contributed by atoms with Gasteiger partial charge in [0.15, 0.2) is 6.61 Å². The topological polar surface area (TPSA) is 61.0 Å². The van der Waals surface area contributed by atoms with Gasteiger partial charge in [-0.3, -0.25) is 0 Å². The molecule has 2 aromatic heterocycles. The standard InChI is InChI=1S/C13H17N3O2/c1-9-5-6-11(14-7-9)17-8-10-15-12(18-16-10)13(2,3)4/h5-7H,8H2,1-4H3. The molecule has 0 amide bonds. The molecule has 0 saturated heterocycles. The molecular weight excluding hydrogens is 230 g/mol. The zero-order valence-electron chi connectivity index (χ0n) is 11.1. The third-order valence-corrected chi connectivity index (χ3v) is 2.34. The van der Waals surface area contributed by atoms with Gasteiger partial charge in [0.2, 0.25) is 17.6 Å². The summed E-state index contributed by atoms with van der Waals surface area (Å²) in [5, 5.41) is 3.88. The summed E-state index contributed by atoms with van der Waals surface area (Å²) >= 11 is 0. The van der Waals surface area contributed by atoms with E-state index in [1.54, 1.807) is 6.20 Å². The van der Waals surface area contributed by atoms with Crippen LogP contribution in [0.1, 0.15) is 38.0 Å². The quantitative estimate of drug-likeness (QED) is 0.834. The Labute approximate surface area is 106 Å². The van der Waals surface area contributed by atoms with Crippen molar-refractivity contribution >= 4 is 0 Å². The summed E-state index contributed by atoms with van der Waals surface area (Å²) in [7, 11) is 0. The van der Waals surface area contributed by atoms with E-state index in [1.165, 1.54) is 0 Å². The highest BCUT2D eigenvalue weighted by Gasteiger charge is 2.21. The van der Waals surface area contributed by atoms with Gasteiger partial charge in [0.1, 0.15) is 0 Å². The molecular formula is C13H17N3O2. The molecule has 5 nitrogen and oxygen atoms in total. The fraction of sp³-hybridized carbons (Fsp3) is 0.462. The number of hydrogen-bond donors (Lipinski definition) is 0. The third kappa shape index (κ3) is 3.06. The van der Waals surface area contributed by atoms with Crippen LogP contribution in [0.25, 0.3) is 0 Å². The first kappa shape index (κ1) is 12.5. The zero-order chi connectivity index (χ0) is 13.2. The van der Waals surface area contributed by atoms with Crippen molar-refractivity contribution in [3.8, 4) is 5.88 Å². The Morgan fingerprint density at radius 2 is 2.06 bits per heavy atom. The fourth-order valence-electron chi connectivity index (χ4n) is 1.30. The fourth-order valence-corrected chi connectivity index (χ4v) is 1.30. The van der Waals surface area contributed by atoms with E-state index in [0.29, 0.717) is 17.6 Å². The van der Waals surface area contributed by atoms with Gasteiger partial charge in [-0.05, 0) is 12.5 Å². The average Bonchev–Trinajstić information content (AvgIpc) is 2.77. The number of ether oxygens (including phenoxy) is 1. The van der Waals surface area contributed by atoms with E-state index in [1.807, 2.05) is 39.8 Å². The van der Waals surface area contributed by atoms with Gasteiger partial charge in [-0.1, -0.05) is 32.0 Å². The van der Waals surface area contributed by atoms with Gasteiger partial charge in [0.25, 0.3) is 0 Å². The van der Waals surface area contributed by atoms with Crippen molar-refractivity contribution in [1.29, 1.82) is 0 Å². The van der Waals surface area contributed by atoms with Gasteiger partial charge in [0, 0.05) is 17.7 Å². The van der Waals surface area contributed by atoms with Crippen molar-refractivity contribution in [2.45, 2.75) is 39.7 Å². The van der Waals surface area contributed by atoms with Gasteiger partial charge in [0.05, 0.1) is 0 Å². The Hall–Kier alpha value is -1.91. The highest BCUT2D eigenvalue weighted by Crippen LogP contribution is 2.20. The lowest BCUT2D eigenvalue weighted by atomic mass is 9.97. The SMILES string of the molecule is Cc1ccc(OCc2noc(C(C)(C)C)n2)nc1. The van der Waals surface area contributed by atoms with Gasteiger partial charge in [-0.15, -0.1) is 0 Å². The Bertz CT molecular complexity index is 512. The summed E-state index contributed by atoms with van der Waals surface area (Å²) in [5.74, 6) is 1.70. The maximum absolute atomic E-state index is 5.48. The Kier molecular flexibility index (Phi) is 3.32. The number of hydrogen-bond acceptors (Lipinski definition) is 5. The van der Waals surface area contributed by atoms with Crippen molar-refractivity contribution < 1.29 is 9.26 Å². The molecule has 0 saturated carbocycles. The highest BCUT2D eigenvalue weighted by molar-refractivity contribution is 5.16. The molecule has 0 fully saturated rings. The second kappa shape index (κ2) is 4.76. The van der Waals surface area contributed by atoms with E-state index in [-0.39, 0.29) is 12.0 Å².